The molecule has 9 heteroatoms. The molecule has 0 aromatic heterocycles. The van der Waals surface area contributed by atoms with Gasteiger partial charge >= 0.3 is 0 Å². The Morgan fingerprint density at radius 3 is 1.47 bits per heavy atom. The molecule has 0 heterocycles. The SMILES string of the molecule is CCCCCCC/C=C/CCCCCCCC(=O)N[C@@H](COP(=O)([O-])OCC[N+](C)(C)C)[C@H](O)/C=C/CCCCCCCCCCCCCCCCC. The van der Waals surface area contributed by atoms with Gasteiger partial charge in [0.2, 0.25) is 5.91 Å². The number of phosphoric acid groups is 1. The molecule has 8 nitrogen and oxygen atoms in total. The normalized spacial score (nSPS) is 14.6. The Balaban J connectivity index is 4.44. The van der Waals surface area contributed by atoms with Gasteiger partial charge in [0.15, 0.2) is 0 Å². The van der Waals surface area contributed by atoms with Gasteiger partial charge < -0.3 is 28.8 Å². The fraction of sp³-hybridized carbons (Fsp3) is 0.886. The van der Waals surface area contributed by atoms with E-state index in [0.717, 1.165) is 51.4 Å². The van der Waals surface area contributed by atoms with Gasteiger partial charge in [0, 0.05) is 6.42 Å². The van der Waals surface area contributed by atoms with Crippen molar-refractivity contribution >= 4 is 13.7 Å². The van der Waals surface area contributed by atoms with Crippen LogP contribution < -0.4 is 10.2 Å². The van der Waals surface area contributed by atoms with Crippen LogP contribution in [-0.4, -0.2) is 68.5 Å². The molecule has 0 saturated carbocycles. The van der Waals surface area contributed by atoms with Crippen molar-refractivity contribution in [3.05, 3.63) is 24.3 Å². The number of unbranched alkanes of at least 4 members (excludes halogenated alkanes) is 25. The average molecular weight is 771 g/mol. The lowest BCUT2D eigenvalue weighted by atomic mass is 10.0. The van der Waals surface area contributed by atoms with Gasteiger partial charge in [-0.1, -0.05) is 173 Å². The van der Waals surface area contributed by atoms with E-state index < -0.39 is 20.0 Å². The van der Waals surface area contributed by atoms with Gasteiger partial charge in [0.05, 0.1) is 39.9 Å². The Morgan fingerprint density at radius 1 is 0.642 bits per heavy atom. The van der Waals surface area contributed by atoms with Crippen molar-refractivity contribution in [2.24, 2.45) is 0 Å². The molecule has 0 saturated heterocycles. The van der Waals surface area contributed by atoms with Crippen LogP contribution in [0.4, 0.5) is 0 Å². The molecule has 0 radical (unpaired) electrons. The molecule has 1 amide bonds. The van der Waals surface area contributed by atoms with Crippen LogP contribution in [-0.2, 0) is 18.4 Å². The van der Waals surface area contributed by atoms with E-state index in [1.165, 1.54) is 128 Å². The molecule has 0 aliphatic heterocycles. The first-order chi connectivity index (χ1) is 25.5. The van der Waals surface area contributed by atoms with E-state index in [9.17, 15) is 19.4 Å². The molecule has 0 aliphatic rings. The third-order valence-corrected chi connectivity index (χ3v) is 10.9. The number of aliphatic hydroxyl groups excluding tert-OH is 1. The van der Waals surface area contributed by atoms with E-state index in [1.54, 1.807) is 6.08 Å². The topological polar surface area (TPSA) is 108 Å². The summed E-state index contributed by atoms with van der Waals surface area (Å²) in [6.45, 7) is 4.63. The lowest BCUT2D eigenvalue weighted by Gasteiger charge is -2.29. The highest BCUT2D eigenvalue weighted by Crippen LogP contribution is 2.38. The van der Waals surface area contributed by atoms with Crippen LogP contribution in [0, 0.1) is 0 Å². The van der Waals surface area contributed by atoms with Gasteiger partial charge in [-0.25, -0.2) is 0 Å². The predicted octanol–water partition coefficient (Wildman–Crippen LogP) is 11.5. The second kappa shape index (κ2) is 36.6. The zero-order valence-corrected chi connectivity index (χ0v) is 36.4. The number of quaternary nitrogens is 1. The molecule has 0 spiro atoms. The van der Waals surface area contributed by atoms with Gasteiger partial charge in [-0.2, -0.15) is 0 Å². The highest BCUT2D eigenvalue weighted by atomic mass is 31.2. The van der Waals surface area contributed by atoms with Crippen molar-refractivity contribution in [2.45, 2.75) is 212 Å². The first kappa shape index (κ1) is 52.0. The number of carbonyl (C=O) groups excluding carboxylic acids is 1. The predicted molar refractivity (Wildman–Crippen MR) is 224 cm³/mol. The van der Waals surface area contributed by atoms with Crippen LogP contribution in [0.15, 0.2) is 24.3 Å². The third kappa shape index (κ3) is 39.0. The number of nitrogens with one attached hydrogen (secondary N) is 1. The number of likely N-dealkylation sites (N-methyl/N-ethyl adjacent to an activating group) is 1. The molecule has 1 unspecified atom stereocenters. The van der Waals surface area contributed by atoms with Crippen LogP contribution >= 0.6 is 7.82 Å². The molecule has 3 atom stereocenters. The van der Waals surface area contributed by atoms with Gasteiger partial charge in [-0.3, -0.25) is 9.36 Å². The Bertz CT molecular complexity index is 922. The minimum Gasteiger partial charge on any atom is -0.756 e. The Morgan fingerprint density at radius 2 is 1.04 bits per heavy atom. The Labute approximate surface area is 328 Å². The first-order valence-corrected chi connectivity index (χ1v) is 23.7. The van der Waals surface area contributed by atoms with Gasteiger partial charge in [-0.05, 0) is 44.9 Å². The molecular formula is C44H87N2O6P. The number of allylic oxidation sites excluding steroid dienone is 3. The number of rotatable bonds is 40. The molecule has 314 valence electrons. The van der Waals surface area contributed by atoms with Crippen molar-refractivity contribution in [1.29, 1.82) is 0 Å². The first-order valence-electron chi connectivity index (χ1n) is 22.2. The lowest BCUT2D eigenvalue weighted by Crippen LogP contribution is -2.45. The number of carbonyl (C=O) groups is 1. The minimum absolute atomic E-state index is 0.00156. The van der Waals surface area contributed by atoms with Gasteiger partial charge in [0.25, 0.3) is 7.82 Å². The maximum Gasteiger partial charge on any atom is 0.268 e. The number of phosphoric ester groups is 1. The quantitative estimate of drug-likeness (QED) is 0.0278. The fourth-order valence-corrected chi connectivity index (χ4v) is 7.05. The monoisotopic (exact) mass is 771 g/mol. The van der Waals surface area contributed by atoms with Crippen LogP contribution in [0.25, 0.3) is 0 Å². The van der Waals surface area contributed by atoms with E-state index in [2.05, 4.69) is 31.3 Å². The highest BCUT2D eigenvalue weighted by molar-refractivity contribution is 7.45. The number of nitrogens with zero attached hydrogens (tertiary/aromatic N) is 1. The zero-order valence-electron chi connectivity index (χ0n) is 35.5. The van der Waals surface area contributed by atoms with Crippen molar-refractivity contribution in [1.82, 2.24) is 5.32 Å². The molecule has 0 bridgehead atoms. The van der Waals surface area contributed by atoms with E-state index in [0.29, 0.717) is 17.4 Å². The van der Waals surface area contributed by atoms with Crippen molar-refractivity contribution in [3.63, 3.8) is 0 Å². The maximum atomic E-state index is 12.8. The summed E-state index contributed by atoms with van der Waals surface area (Å²) in [5.41, 5.74) is 0. The lowest BCUT2D eigenvalue weighted by molar-refractivity contribution is -0.870. The molecule has 0 aromatic rings. The van der Waals surface area contributed by atoms with Crippen LogP contribution in [0.5, 0.6) is 0 Å². The number of aliphatic hydroxyl groups is 1. The number of hydrogen-bond acceptors (Lipinski definition) is 6. The Kier molecular flexibility index (Phi) is 35.9. The molecule has 2 N–H and O–H groups in total. The fourth-order valence-electron chi connectivity index (χ4n) is 6.32. The number of amides is 1. The molecule has 0 rings (SSSR count). The Hall–Kier alpha value is -1.02. The molecular weight excluding hydrogens is 683 g/mol. The van der Waals surface area contributed by atoms with Gasteiger partial charge in [-0.15, -0.1) is 0 Å². The standard InChI is InChI=1S/C44H87N2O6P/c1-6-8-10-12-14-16-18-20-22-23-24-25-27-29-31-33-35-37-43(47)42(41-52-53(49,50)51-40-39-46(3,4)5)45-44(48)38-36-34-32-30-28-26-21-19-17-15-13-11-9-7-2/h19,21,35,37,42-43,47H,6-18,20,22-34,36,38-41H2,1-5H3,(H-,45,48,49,50)/b21-19+,37-35+/t42-,43+/m0/s1. The van der Waals surface area contributed by atoms with E-state index in [4.69, 9.17) is 9.05 Å². The number of hydrogen-bond donors (Lipinski definition) is 2. The van der Waals surface area contributed by atoms with Crippen molar-refractivity contribution in [2.75, 3.05) is 40.9 Å². The maximum absolute atomic E-state index is 12.8. The summed E-state index contributed by atoms with van der Waals surface area (Å²) in [7, 11) is 1.26. The van der Waals surface area contributed by atoms with E-state index in [-0.39, 0.29) is 19.1 Å². The third-order valence-electron chi connectivity index (χ3n) is 9.91. The highest BCUT2D eigenvalue weighted by Gasteiger charge is 2.23. The molecule has 0 aliphatic carbocycles. The van der Waals surface area contributed by atoms with E-state index >= 15 is 0 Å². The van der Waals surface area contributed by atoms with Crippen LogP contribution in [0.3, 0.4) is 0 Å². The molecule has 53 heavy (non-hydrogen) atoms. The summed E-state index contributed by atoms with van der Waals surface area (Å²) in [6.07, 6.45) is 42.1. The minimum atomic E-state index is -4.58. The molecule has 0 fully saturated rings. The van der Waals surface area contributed by atoms with Crippen molar-refractivity contribution < 1.29 is 32.9 Å². The van der Waals surface area contributed by atoms with Crippen LogP contribution in [0.1, 0.15) is 200 Å². The average Bonchev–Trinajstić information content (AvgIpc) is 3.10. The smallest absolute Gasteiger partial charge is 0.268 e. The molecule has 0 aromatic carbocycles. The van der Waals surface area contributed by atoms with E-state index in [1.807, 2.05) is 27.2 Å². The second-order valence-corrected chi connectivity index (χ2v) is 17.8. The van der Waals surface area contributed by atoms with Crippen LogP contribution in [0.2, 0.25) is 0 Å². The second-order valence-electron chi connectivity index (χ2n) is 16.4. The zero-order chi connectivity index (χ0) is 39.3. The summed E-state index contributed by atoms with van der Waals surface area (Å²) in [5, 5.41) is 13.8. The summed E-state index contributed by atoms with van der Waals surface area (Å²) < 4.78 is 23.2. The summed E-state index contributed by atoms with van der Waals surface area (Å²) >= 11 is 0. The van der Waals surface area contributed by atoms with Gasteiger partial charge in [0.1, 0.15) is 13.2 Å². The summed E-state index contributed by atoms with van der Waals surface area (Å²) in [4.78, 5) is 25.3. The summed E-state index contributed by atoms with van der Waals surface area (Å²) in [5.74, 6) is -0.206. The van der Waals surface area contributed by atoms with Crippen molar-refractivity contribution in [3.8, 4) is 0 Å². The summed E-state index contributed by atoms with van der Waals surface area (Å²) in [6, 6.07) is -0.887. The largest absolute Gasteiger partial charge is 0.756 e.